The van der Waals surface area contributed by atoms with Crippen LogP contribution in [0, 0.1) is 0 Å². The van der Waals surface area contributed by atoms with E-state index in [1.165, 1.54) is 5.56 Å². The van der Waals surface area contributed by atoms with Crippen LogP contribution < -0.4 is 16.0 Å². The highest BCUT2D eigenvalue weighted by atomic mass is 35.5. The Bertz CT molecular complexity index is 860. The molecule has 1 fully saturated rings. The number of benzene rings is 2. The minimum atomic E-state index is -0.280. The molecular formula is C22H27ClN4O3. The molecule has 1 unspecified atom stereocenters. The van der Waals surface area contributed by atoms with E-state index in [-0.39, 0.29) is 24.5 Å². The van der Waals surface area contributed by atoms with E-state index in [2.05, 4.69) is 26.9 Å². The third-order valence-electron chi connectivity index (χ3n) is 4.85. The summed E-state index contributed by atoms with van der Waals surface area (Å²) in [6.07, 6.45) is 0.236. The molecule has 0 saturated carbocycles. The molecule has 30 heavy (non-hydrogen) atoms. The van der Waals surface area contributed by atoms with Crippen molar-refractivity contribution in [1.29, 1.82) is 0 Å². The molecule has 1 heterocycles. The van der Waals surface area contributed by atoms with Gasteiger partial charge in [0.2, 0.25) is 5.91 Å². The molecule has 8 heteroatoms. The van der Waals surface area contributed by atoms with Crippen molar-refractivity contribution in [3.05, 3.63) is 64.7 Å². The number of hydrogen-bond acceptors (Lipinski definition) is 4. The maximum Gasteiger partial charge on any atom is 0.318 e. The van der Waals surface area contributed by atoms with Gasteiger partial charge >= 0.3 is 6.03 Å². The summed E-state index contributed by atoms with van der Waals surface area (Å²) >= 11 is 6.07. The highest BCUT2D eigenvalue weighted by Crippen LogP contribution is 2.15. The van der Waals surface area contributed by atoms with Gasteiger partial charge in [-0.1, -0.05) is 35.9 Å². The number of halogens is 1. The summed E-state index contributed by atoms with van der Waals surface area (Å²) in [4.78, 5) is 25.9. The minimum absolute atomic E-state index is 0.0407. The number of rotatable bonds is 7. The molecular weight excluding hydrogens is 404 g/mol. The largest absolute Gasteiger partial charge is 0.374 e. The van der Waals surface area contributed by atoms with E-state index in [1.54, 1.807) is 19.2 Å². The second kappa shape index (κ2) is 11.0. The molecule has 0 aliphatic carbocycles. The number of anilines is 1. The zero-order valence-electron chi connectivity index (χ0n) is 17.0. The van der Waals surface area contributed by atoms with Crippen molar-refractivity contribution in [2.45, 2.75) is 19.1 Å². The normalized spacial score (nSPS) is 16.7. The number of nitrogens with one attached hydrogen (secondary N) is 3. The lowest BCUT2D eigenvalue weighted by atomic mass is 10.1. The van der Waals surface area contributed by atoms with Crippen LogP contribution in [0.4, 0.5) is 10.5 Å². The summed E-state index contributed by atoms with van der Waals surface area (Å²) in [7, 11) is 1.56. The maximum absolute atomic E-state index is 12.3. The van der Waals surface area contributed by atoms with Gasteiger partial charge in [-0.2, -0.15) is 0 Å². The number of hydrogen-bond donors (Lipinski definition) is 3. The van der Waals surface area contributed by atoms with Crippen molar-refractivity contribution in [3.8, 4) is 0 Å². The molecule has 0 spiro atoms. The number of nitrogens with zero attached hydrogens (tertiary/aromatic N) is 1. The Morgan fingerprint density at radius 3 is 2.70 bits per heavy atom. The van der Waals surface area contributed by atoms with Crippen LogP contribution in [0.1, 0.15) is 11.1 Å². The topological polar surface area (TPSA) is 82.7 Å². The summed E-state index contributed by atoms with van der Waals surface area (Å²) in [5, 5.41) is 8.87. The number of urea groups is 1. The fourth-order valence-electron chi connectivity index (χ4n) is 3.32. The summed E-state index contributed by atoms with van der Waals surface area (Å²) < 4.78 is 5.80. The van der Waals surface area contributed by atoms with Crippen LogP contribution >= 0.6 is 11.6 Å². The van der Waals surface area contributed by atoms with Gasteiger partial charge in [0.25, 0.3) is 0 Å². The Morgan fingerprint density at radius 1 is 1.17 bits per heavy atom. The van der Waals surface area contributed by atoms with Gasteiger partial charge < -0.3 is 20.7 Å². The van der Waals surface area contributed by atoms with Crippen molar-refractivity contribution in [2.24, 2.45) is 0 Å². The zero-order valence-corrected chi connectivity index (χ0v) is 17.7. The molecule has 0 radical (unpaired) electrons. The molecule has 7 nitrogen and oxygen atoms in total. The first-order valence-corrected chi connectivity index (χ1v) is 10.3. The third-order valence-corrected chi connectivity index (χ3v) is 5.08. The number of morpholine rings is 1. The number of ether oxygens (including phenoxy) is 1. The molecule has 3 N–H and O–H groups in total. The highest BCUT2D eigenvalue weighted by Gasteiger charge is 2.21. The SMILES string of the molecule is CNC(=O)Nc1ccc(CC(=O)NCC2CN(Cc3cccc(Cl)c3)CCO2)cc1. The van der Waals surface area contributed by atoms with Crippen LogP contribution in [-0.4, -0.2) is 56.2 Å². The number of carbonyl (C=O) groups excluding carboxylic acids is 2. The fraction of sp³-hybridized carbons (Fsp3) is 0.364. The molecule has 1 atom stereocenters. The van der Waals surface area contributed by atoms with Crippen molar-refractivity contribution in [3.63, 3.8) is 0 Å². The van der Waals surface area contributed by atoms with E-state index in [0.717, 1.165) is 30.2 Å². The van der Waals surface area contributed by atoms with Crippen LogP contribution in [0.25, 0.3) is 0 Å². The van der Waals surface area contributed by atoms with E-state index >= 15 is 0 Å². The van der Waals surface area contributed by atoms with Crippen molar-refractivity contribution in [1.82, 2.24) is 15.5 Å². The Balaban J connectivity index is 1.42. The summed E-state index contributed by atoms with van der Waals surface area (Å²) in [6, 6.07) is 14.8. The van der Waals surface area contributed by atoms with Gasteiger partial charge in [-0.25, -0.2) is 4.79 Å². The van der Waals surface area contributed by atoms with Gasteiger partial charge in [0.1, 0.15) is 0 Å². The maximum atomic E-state index is 12.3. The van der Waals surface area contributed by atoms with Gasteiger partial charge in [0.05, 0.1) is 19.1 Å². The summed E-state index contributed by atoms with van der Waals surface area (Å²) in [5.74, 6) is -0.0578. The van der Waals surface area contributed by atoms with Gasteiger partial charge in [-0.05, 0) is 35.4 Å². The monoisotopic (exact) mass is 430 g/mol. The Hall–Kier alpha value is -2.61. The minimum Gasteiger partial charge on any atom is -0.374 e. The van der Waals surface area contributed by atoms with Crippen molar-refractivity contribution < 1.29 is 14.3 Å². The average molecular weight is 431 g/mol. The van der Waals surface area contributed by atoms with E-state index in [9.17, 15) is 9.59 Å². The third kappa shape index (κ3) is 7.02. The molecule has 2 aromatic rings. The Kier molecular flexibility index (Phi) is 8.07. The average Bonchev–Trinajstić information content (AvgIpc) is 2.74. The Labute approximate surface area is 181 Å². The molecule has 160 valence electrons. The molecule has 0 bridgehead atoms. The second-order valence-corrected chi connectivity index (χ2v) is 7.68. The quantitative estimate of drug-likeness (QED) is 0.630. The van der Waals surface area contributed by atoms with Crippen LogP contribution in [0.5, 0.6) is 0 Å². The summed E-state index contributed by atoms with van der Waals surface area (Å²) in [5.41, 5.74) is 2.72. The molecule has 3 amide bonds. The van der Waals surface area contributed by atoms with Crippen molar-refractivity contribution in [2.75, 3.05) is 38.6 Å². The Morgan fingerprint density at radius 2 is 1.97 bits per heavy atom. The molecule has 1 aliphatic heterocycles. The van der Waals surface area contributed by atoms with E-state index < -0.39 is 0 Å². The second-order valence-electron chi connectivity index (χ2n) is 7.24. The number of amides is 3. The van der Waals surface area contributed by atoms with Crippen LogP contribution in [0.2, 0.25) is 5.02 Å². The van der Waals surface area contributed by atoms with Crippen LogP contribution in [-0.2, 0) is 22.5 Å². The lowest BCUT2D eigenvalue weighted by Gasteiger charge is -2.33. The van der Waals surface area contributed by atoms with E-state index in [1.807, 2.05) is 30.3 Å². The molecule has 3 rings (SSSR count). The van der Waals surface area contributed by atoms with Gasteiger partial charge in [0.15, 0.2) is 0 Å². The predicted molar refractivity (Wildman–Crippen MR) is 118 cm³/mol. The van der Waals surface area contributed by atoms with E-state index in [4.69, 9.17) is 16.3 Å². The molecule has 1 saturated heterocycles. The van der Waals surface area contributed by atoms with Crippen LogP contribution in [0.3, 0.4) is 0 Å². The number of carbonyl (C=O) groups is 2. The first-order chi connectivity index (χ1) is 14.5. The lowest BCUT2D eigenvalue weighted by Crippen LogP contribution is -2.47. The predicted octanol–water partition coefficient (Wildman–Crippen LogP) is 2.65. The van der Waals surface area contributed by atoms with Crippen LogP contribution in [0.15, 0.2) is 48.5 Å². The molecule has 2 aromatic carbocycles. The summed E-state index contributed by atoms with van der Waals surface area (Å²) in [6.45, 7) is 3.53. The first kappa shape index (κ1) is 22.1. The van der Waals surface area contributed by atoms with Gasteiger partial charge in [0, 0.05) is 43.9 Å². The standard InChI is InChI=1S/C22H27ClN4O3/c1-24-22(29)26-19-7-5-16(6-8-19)12-21(28)25-13-20-15-27(9-10-30-20)14-17-3-2-4-18(23)11-17/h2-8,11,20H,9-10,12-15H2,1H3,(H,25,28)(H2,24,26,29). The fourth-order valence-corrected chi connectivity index (χ4v) is 3.53. The van der Waals surface area contributed by atoms with E-state index in [0.29, 0.717) is 18.8 Å². The lowest BCUT2D eigenvalue weighted by molar-refractivity contribution is -0.121. The van der Waals surface area contributed by atoms with Gasteiger partial charge in [-0.15, -0.1) is 0 Å². The van der Waals surface area contributed by atoms with Crippen molar-refractivity contribution >= 4 is 29.2 Å². The smallest absolute Gasteiger partial charge is 0.318 e. The molecule has 1 aliphatic rings. The highest BCUT2D eigenvalue weighted by molar-refractivity contribution is 6.30. The zero-order chi connectivity index (χ0) is 21.3. The molecule has 0 aromatic heterocycles. The first-order valence-electron chi connectivity index (χ1n) is 9.94. The van der Waals surface area contributed by atoms with Gasteiger partial charge in [-0.3, -0.25) is 9.69 Å².